The maximum Gasteiger partial charge on any atom is 0.00792 e. The number of rotatable bonds is 6. The summed E-state index contributed by atoms with van der Waals surface area (Å²) in [5.74, 6) is 0. The normalized spacial score (nSPS) is 21.9. The maximum absolute atomic E-state index is 4.06. The highest BCUT2D eigenvalue weighted by Gasteiger charge is 2.14. The Labute approximate surface area is 76.2 Å². The molecule has 0 amide bonds. The molecular formula is C11H21N. The number of hydrogen-bond acceptors (Lipinski definition) is 1. The molecule has 0 bridgehead atoms. The van der Waals surface area contributed by atoms with Crippen LogP contribution in [0.5, 0.6) is 0 Å². The smallest absolute Gasteiger partial charge is 0.00792 e. The number of allylic oxidation sites excluding steroid dienone is 1. The number of hydrogen-bond donors (Lipinski definition) is 1. The molecule has 1 aliphatic rings. The highest BCUT2D eigenvalue weighted by atomic mass is 15.0. The molecule has 1 atom stereocenters. The van der Waals surface area contributed by atoms with Crippen molar-refractivity contribution in [2.45, 2.75) is 51.5 Å². The molecule has 0 radical (unpaired) electrons. The first kappa shape index (κ1) is 9.79. The largest absolute Gasteiger partial charge is 0.314 e. The minimum absolute atomic E-state index is 0.833. The molecule has 12 heavy (non-hydrogen) atoms. The maximum atomic E-state index is 4.06. The summed E-state index contributed by atoms with van der Waals surface area (Å²) in [5, 5.41) is 3.42. The summed E-state index contributed by atoms with van der Waals surface area (Å²) in [6.07, 6.45) is 7.78. The molecule has 1 nitrogen and oxygen atoms in total. The Kier molecular flexibility index (Phi) is 4.37. The zero-order chi connectivity index (χ0) is 8.81. The number of nitrogens with one attached hydrogen (secondary N) is 1. The van der Waals surface area contributed by atoms with Crippen molar-refractivity contribution in [2.75, 3.05) is 6.54 Å². The van der Waals surface area contributed by atoms with Crippen LogP contribution in [0.15, 0.2) is 12.2 Å². The van der Waals surface area contributed by atoms with Gasteiger partial charge in [-0.25, -0.2) is 0 Å². The zero-order valence-electron chi connectivity index (χ0n) is 8.23. The highest BCUT2D eigenvalue weighted by molar-refractivity contribution is 4.93. The summed E-state index contributed by atoms with van der Waals surface area (Å²) < 4.78 is 0. The van der Waals surface area contributed by atoms with Gasteiger partial charge in [-0.15, -0.1) is 0 Å². The van der Waals surface area contributed by atoms with E-state index in [0.717, 1.165) is 6.04 Å². The van der Waals surface area contributed by atoms with E-state index in [0.29, 0.717) is 0 Å². The fraction of sp³-hybridized carbons (Fsp3) is 0.818. The molecule has 1 aliphatic heterocycles. The van der Waals surface area contributed by atoms with Gasteiger partial charge in [0.05, 0.1) is 0 Å². The predicted octanol–water partition coefficient (Wildman–Crippen LogP) is 2.87. The van der Waals surface area contributed by atoms with Crippen LogP contribution in [0.3, 0.4) is 0 Å². The second kappa shape index (κ2) is 5.36. The summed E-state index contributed by atoms with van der Waals surface area (Å²) >= 11 is 0. The zero-order valence-corrected chi connectivity index (χ0v) is 8.23. The molecule has 70 valence electrons. The van der Waals surface area contributed by atoms with Gasteiger partial charge in [0, 0.05) is 6.04 Å². The molecule has 1 heterocycles. The molecule has 0 aromatic carbocycles. The van der Waals surface area contributed by atoms with E-state index in [1.165, 1.54) is 50.6 Å². The van der Waals surface area contributed by atoms with Crippen molar-refractivity contribution in [3.63, 3.8) is 0 Å². The second-order valence-electron chi connectivity index (χ2n) is 3.83. The van der Waals surface area contributed by atoms with Crippen LogP contribution in [0.1, 0.15) is 45.4 Å². The molecule has 1 fully saturated rings. The van der Waals surface area contributed by atoms with Crippen LogP contribution in [0, 0.1) is 0 Å². The molecule has 0 saturated carbocycles. The first-order valence-electron chi connectivity index (χ1n) is 5.23. The molecule has 1 N–H and O–H groups in total. The lowest BCUT2D eigenvalue weighted by molar-refractivity contribution is 0.343. The Morgan fingerprint density at radius 3 is 2.75 bits per heavy atom. The second-order valence-corrected chi connectivity index (χ2v) is 3.83. The van der Waals surface area contributed by atoms with E-state index < -0.39 is 0 Å². The minimum atomic E-state index is 0.833. The van der Waals surface area contributed by atoms with Crippen molar-refractivity contribution in [1.82, 2.24) is 5.32 Å². The van der Waals surface area contributed by atoms with Crippen LogP contribution in [-0.4, -0.2) is 12.6 Å². The topological polar surface area (TPSA) is 12.0 Å². The van der Waals surface area contributed by atoms with Gasteiger partial charge in [-0.2, -0.15) is 0 Å². The standard InChI is InChI=1S/C11H21N/c1-3-5-10(2)6-4-7-11-8-9-12-11/h11-12H,2-9H2,1H3. The lowest BCUT2D eigenvalue weighted by Gasteiger charge is -2.27. The Bertz CT molecular complexity index is 136. The van der Waals surface area contributed by atoms with Gasteiger partial charge >= 0.3 is 0 Å². The van der Waals surface area contributed by atoms with Gasteiger partial charge in [0.2, 0.25) is 0 Å². The van der Waals surface area contributed by atoms with Crippen LogP contribution in [0.4, 0.5) is 0 Å². The van der Waals surface area contributed by atoms with Crippen LogP contribution >= 0.6 is 0 Å². The summed E-state index contributed by atoms with van der Waals surface area (Å²) in [7, 11) is 0. The molecular weight excluding hydrogens is 146 g/mol. The van der Waals surface area contributed by atoms with E-state index in [2.05, 4.69) is 18.8 Å². The van der Waals surface area contributed by atoms with Gasteiger partial charge in [-0.3, -0.25) is 0 Å². The first-order chi connectivity index (χ1) is 5.83. The SMILES string of the molecule is C=C(CCC)CCCC1CCN1. The molecule has 0 aromatic heterocycles. The Morgan fingerprint density at radius 2 is 2.25 bits per heavy atom. The molecule has 1 rings (SSSR count). The fourth-order valence-electron chi connectivity index (χ4n) is 1.67. The third kappa shape index (κ3) is 3.40. The molecule has 1 unspecified atom stereocenters. The molecule has 0 spiro atoms. The summed E-state index contributed by atoms with van der Waals surface area (Å²) in [6.45, 7) is 7.52. The van der Waals surface area contributed by atoms with Crippen molar-refractivity contribution in [3.05, 3.63) is 12.2 Å². The van der Waals surface area contributed by atoms with Crippen molar-refractivity contribution >= 4 is 0 Å². The van der Waals surface area contributed by atoms with Gasteiger partial charge in [-0.1, -0.05) is 25.5 Å². The Morgan fingerprint density at radius 1 is 1.50 bits per heavy atom. The highest BCUT2D eigenvalue weighted by Crippen LogP contribution is 2.15. The van der Waals surface area contributed by atoms with Gasteiger partial charge in [-0.05, 0) is 38.6 Å². The van der Waals surface area contributed by atoms with E-state index >= 15 is 0 Å². The van der Waals surface area contributed by atoms with E-state index in [-0.39, 0.29) is 0 Å². The molecule has 1 saturated heterocycles. The lowest BCUT2D eigenvalue weighted by Crippen LogP contribution is -2.42. The van der Waals surface area contributed by atoms with Gasteiger partial charge in [0.25, 0.3) is 0 Å². The summed E-state index contributed by atoms with van der Waals surface area (Å²) in [4.78, 5) is 0. The average Bonchev–Trinajstić information content (AvgIpc) is 1.95. The van der Waals surface area contributed by atoms with Crippen molar-refractivity contribution in [2.24, 2.45) is 0 Å². The van der Waals surface area contributed by atoms with Crippen LogP contribution < -0.4 is 5.32 Å². The molecule has 0 aromatic rings. The average molecular weight is 167 g/mol. The molecule has 1 heteroatoms. The molecule has 0 aliphatic carbocycles. The van der Waals surface area contributed by atoms with Crippen LogP contribution in [0.2, 0.25) is 0 Å². The summed E-state index contributed by atoms with van der Waals surface area (Å²) in [5.41, 5.74) is 1.44. The Hall–Kier alpha value is -0.300. The van der Waals surface area contributed by atoms with Gasteiger partial charge in [0.1, 0.15) is 0 Å². The van der Waals surface area contributed by atoms with E-state index in [1.807, 2.05) is 0 Å². The van der Waals surface area contributed by atoms with Crippen LogP contribution in [0.25, 0.3) is 0 Å². The van der Waals surface area contributed by atoms with Gasteiger partial charge < -0.3 is 5.32 Å². The van der Waals surface area contributed by atoms with Crippen molar-refractivity contribution in [3.8, 4) is 0 Å². The third-order valence-corrected chi connectivity index (χ3v) is 2.61. The lowest BCUT2D eigenvalue weighted by atomic mass is 9.98. The van der Waals surface area contributed by atoms with Crippen molar-refractivity contribution in [1.29, 1.82) is 0 Å². The van der Waals surface area contributed by atoms with E-state index in [9.17, 15) is 0 Å². The van der Waals surface area contributed by atoms with Crippen molar-refractivity contribution < 1.29 is 0 Å². The van der Waals surface area contributed by atoms with E-state index in [4.69, 9.17) is 0 Å². The quantitative estimate of drug-likeness (QED) is 0.600. The van der Waals surface area contributed by atoms with Gasteiger partial charge in [0.15, 0.2) is 0 Å². The third-order valence-electron chi connectivity index (χ3n) is 2.61. The first-order valence-corrected chi connectivity index (χ1v) is 5.23. The monoisotopic (exact) mass is 167 g/mol. The predicted molar refractivity (Wildman–Crippen MR) is 54.3 cm³/mol. The Balaban J connectivity index is 1.90. The fourth-order valence-corrected chi connectivity index (χ4v) is 1.67. The minimum Gasteiger partial charge on any atom is -0.314 e. The van der Waals surface area contributed by atoms with E-state index in [1.54, 1.807) is 0 Å². The van der Waals surface area contributed by atoms with Crippen LogP contribution in [-0.2, 0) is 0 Å². The summed E-state index contributed by atoms with van der Waals surface area (Å²) in [6, 6.07) is 0.833.